The van der Waals surface area contributed by atoms with Gasteiger partial charge in [0, 0.05) is 13.7 Å². The second-order valence-corrected chi connectivity index (χ2v) is 4.95. The van der Waals surface area contributed by atoms with Gasteiger partial charge in [0.1, 0.15) is 6.33 Å². The summed E-state index contributed by atoms with van der Waals surface area (Å²) in [4.78, 5) is 4.30. The Morgan fingerprint density at radius 2 is 2.10 bits per heavy atom. The highest BCUT2D eigenvalue weighted by atomic mass is 16.5. The van der Waals surface area contributed by atoms with E-state index < -0.39 is 0 Å². The Labute approximate surface area is 120 Å². The standard InChI is InChI=1S/C15H22N4O/c1-12-4-5-14(8-13(12)2)10-19-11-17-15(18-19)9-16-6-7-20-3/h4-5,8,11,16H,6-7,9-10H2,1-3H3. The van der Waals surface area contributed by atoms with Crippen LogP contribution >= 0.6 is 0 Å². The average molecular weight is 274 g/mol. The molecule has 108 valence electrons. The summed E-state index contributed by atoms with van der Waals surface area (Å²) >= 11 is 0. The third kappa shape index (κ3) is 4.15. The smallest absolute Gasteiger partial charge is 0.164 e. The molecule has 0 unspecified atom stereocenters. The zero-order valence-corrected chi connectivity index (χ0v) is 12.4. The summed E-state index contributed by atoms with van der Waals surface area (Å²) in [5.74, 6) is 0.810. The van der Waals surface area contributed by atoms with Crippen LogP contribution in [0.2, 0.25) is 0 Å². The molecule has 0 atom stereocenters. The van der Waals surface area contributed by atoms with Gasteiger partial charge in [-0.1, -0.05) is 18.2 Å². The summed E-state index contributed by atoms with van der Waals surface area (Å²) < 4.78 is 6.85. The van der Waals surface area contributed by atoms with Gasteiger partial charge in [-0.3, -0.25) is 0 Å². The van der Waals surface area contributed by atoms with Gasteiger partial charge in [-0.15, -0.1) is 0 Å². The molecule has 0 aliphatic heterocycles. The minimum absolute atomic E-state index is 0.670. The molecule has 0 amide bonds. The van der Waals surface area contributed by atoms with Gasteiger partial charge in [0.2, 0.25) is 0 Å². The van der Waals surface area contributed by atoms with Crippen LogP contribution in [0.1, 0.15) is 22.5 Å². The SMILES string of the molecule is COCCNCc1ncn(Cc2ccc(C)c(C)c2)n1. The van der Waals surface area contributed by atoms with Crippen molar-refractivity contribution in [2.75, 3.05) is 20.3 Å². The number of nitrogens with zero attached hydrogens (tertiary/aromatic N) is 3. The van der Waals surface area contributed by atoms with E-state index in [1.165, 1.54) is 16.7 Å². The molecule has 5 heteroatoms. The first kappa shape index (κ1) is 14.7. The van der Waals surface area contributed by atoms with Gasteiger partial charge < -0.3 is 10.1 Å². The molecule has 0 aliphatic carbocycles. The first-order chi connectivity index (χ1) is 9.69. The highest BCUT2D eigenvalue weighted by Gasteiger charge is 2.02. The Morgan fingerprint density at radius 1 is 1.25 bits per heavy atom. The first-order valence-corrected chi connectivity index (χ1v) is 6.83. The van der Waals surface area contributed by atoms with E-state index in [9.17, 15) is 0 Å². The quantitative estimate of drug-likeness (QED) is 0.781. The van der Waals surface area contributed by atoms with Crippen molar-refractivity contribution in [2.45, 2.75) is 26.9 Å². The minimum Gasteiger partial charge on any atom is -0.383 e. The van der Waals surface area contributed by atoms with Crippen LogP contribution in [0, 0.1) is 13.8 Å². The fraction of sp³-hybridized carbons (Fsp3) is 0.467. The molecule has 1 N–H and O–H groups in total. The summed E-state index contributed by atoms with van der Waals surface area (Å²) in [5, 5.41) is 7.69. The fourth-order valence-electron chi connectivity index (χ4n) is 1.95. The number of methoxy groups -OCH3 is 1. The Balaban J connectivity index is 1.90. The second-order valence-electron chi connectivity index (χ2n) is 4.95. The van der Waals surface area contributed by atoms with E-state index in [2.05, 4.69) is 47.4 Å². The predicted octanol–water partition coefficient (Wildman–Crippen LogP) is 1.68. The summed E-state index contributed by atoms with van der Waals surface area (Å²) in [6, 6.07) is 6.49. The van der Waals surface area contributed by atoms with Gasteiger partial charge in [0.05, 0.1) is 19.7 Å². The zero-order valence-electron chi connectivity index (χ0n) is 12.4. The van der Waals surface area contributed by atoms with Crippen molar-refractivity contribution in [3.63, 3.8) is 0 Å². The number of hydrogen-bond acceptors (Lipinski definition) is 4. The van der Waals surface area contributed by atoms with Crippen molar-refractivity contribution >= 4 is 0 Å². The number of benzene rings is 1. The van der Waals surface area contributed by atoms with Gasteiger partial charge in [-0.25, -0.2) is 9.67 Å². The lowest BCUT2D eigenvalue weighted by Crippen LogP contribution is -2.19. The molecular weight excluding hydrogens is 252 g/mol. The van der Waals surface area contributed by atoms with E-state index in [0.717, 1.165) is 18.9 Å². The molecule has 0 spiro atoms. The van der Waals surface area contributed by atoms with Crippen LogP contribution in [-0.2, 0) is 17.8 Å². The van der Waals surface area contributed by atoms with Crippen molar-refractivity contribution in [3.8, 4) is 0 Å². The second kappa shape index (κ2) is 7.17. The van der Waals surface area contributed by atoms with Gasteiger partial charge >= 0.3 is 0 Å². The number of hydrogen-bond donors (Lipinski definition) is 1. The van der Waals surface area contributed by atoms with E-state index in [1.807, 2.05) is 4.68 Å². The molecule has 1 heterocycles. The van der Waals surface area contributed by atoms with Crippen molar-refractivity contribution in [2.24, 2.45) is 0 Å². The van der Waals surface area contributed by atoms with Gasteiger partial charge in [-0.05, 0) is 30.5 Å². The van der Waals surface area contributed by atoms with E-state index in [-0.39, 0.29) is 0 Å². The van der Waals surface area contributed by atoms with Crippen molar-refractivity contribution < 1.29 is 4.74 Å². The molecule has 0 radical (unpaired) electrons. The minimum atomic E-state index is 0.670. The maximum Gasteiger partial charge on any atom is 0.164 e. The average Bonchev–Trinajstić information content (AvgIpc) is 2.87. The van der Waals surface area contributed by atoms with Gasteiger partial charge in [0.15, 0.2) is 5.82 Å². The summed E-state index contributed by atoms with van der Waals surface area (Å²) in [6.07, 6.45) is 1.78. The largest absolute Gasteiger partial charge is 0.383 e. The highest BCUT2D eigenvalue weighted by Crippen LogP contribution is 2.10. The van der Waals surface area contributed by atoms with Crippen LogP contribution in [0.3, 0.4) is 0 Å². The van der Waals surface area contributed by atoms with Crippen molar-refractivity contribution in [1.29, 1.82) is 0 Å². The monoisotopic (exact) mass is 274 g/mol. The van der Waals surface area contributed by atoms with Crippen molar-refractivity contribution in [3.05, 3.63) is 47.0 Å². The van der Waals surface area contributed by atoms with E-state index in [0.29, 0.717) is 13.2 Å². The maximum absolute atomic E-state index is 4.98. The number of aromatic nitrogens is 3. The van der Waals surface area contributed by atoms with E-state index in [1.54, 1.807) is 13.4 Å². The maximum atomic E-state index is 4.98. The normalized spacial score (nSPS) is 10.9. The third-order valence-corrected chi connectivity index (χ3v) is 3.27. The topological polar surface area (TPSA) is 52.0 Å². The van der Waals surface area contributed by atoms with Crippen LogP contribution in [0.4, 0.5) is 0 Å². The lowest BCUT2D eigenvalue weighted by Gasteiger charge is -2.05. The molecule has 0 saturated carbocycles. The third-order valence-electron chi connectivity index (χ3n) is 3.27. The Hall–Kier alpha value is -1.72. The van der Waals surface area contributed by atoms with Crippen LogP contribution in [0.15, 0.2) is 24.5 Å². The molecule has 1 aromatic carbocycles. The summed E-state index contributed by atoms with van der Waals surface area (Å²) in [6.45, 7) is 7.19. The lowest BCUT2D eigenvalue weighted by molar-refractivity contribution is 0.199. The Morgan fingerprint density at radius 3 is 2.85 bits per heavy atom. The molecule has 0 saturated heterocycles. The van der Waals surface area contributed by atoms with Gasteiger partial charge in [-0.2, -0.15) is 5.10 Å². The molecular formula is C15H22N4O. The molecule has 2 rings (SSSR count). The summed E-state index contributed by atoms with van der Waals surface area (Å²) in [7, 11) is 1.69. The van der Waals surface area contributed by atoms with E-state index in [4.69, 9.17) is 4.74 Å². The number of nitrogens with one attached hydrogen (secondary N) is 1. The molecule has 1 aromatic heterocycles. The number of aryl methyl sites for hydroxylation is 2. The number of rotatable bonds is 7. The molecule has 0 bridgehead atoms. The van der Waals surface area contributed by atoms with E-state index >= 15 is 0 Å². The highest BCUT2D eigenvalue weighted by molar-refractivity contribution is 5.29. The summed E-state index contributed by atoms with van der Waals surface area (Å²) in [5.41, 5.74) is 3.87. The molecule has 2 aromatic rings. The number of ether oxygens (including phenoxy) is 1. The Kier molecular flexibility index (Phi) is 5.26. The van der Waals surface area contributed by atoms with Gasteiger partial charge in [0.25, 0.3) is 0 Å². The molecule has 0 fully saturated rings. The molecule has 0 aliphatic rings. The van der Waals surface area contributed by atoms with Crippen LogP contribution in [0.25, 0.3) is 0 Å². The first-order valence-electron chi connectivity index (χ1n) is 6.83. The molecule has 20 heavy (non-hydrogen) atoms. The fourth-order valence-corrected chi connectivity index (χ4v) is 1.95. The lowest BCUT2D eigenvalue weighted by atomic mass is 10.1. The molecule has 5 nitrogen and oxygen atoms in total. The van der Waals surface area contributed by atoms with Crippen LogP contribution < -0.4 is 5.32 Å². The zero-order chi connectivity index (χ0) is 14.4. The van der Waals surface area contributed by atoms with Crippen LogP contribution in [-0.4, -0.2) is 35.0 Å². The predicted molar refractivity (Wildman–Crippen MR) is 78.6 cm³/mol. The Bertz CT molecular complexity index is 551. The van der Waals surface area contributed by atoms with Crippen LogP contribution in [0.5, 0.6) is 0 Å². The van der Waals surface area contributed by atoms with Crippen molar-refractivity contribution in [1.82, 2.24) is 20.1 Å².